The van der Waals surface area contributed by atoms with Gasteiger partial charge in [0, 0.05) is 6.07 Å². The number of hydrogen-bond donors (Lipinski definition) is 1. The lowest BCUT2D eigenvalue weighted by Crippen LogP contribution is -2.55. The summed E-state index contributed by atoms with van der Waals surface area (Å²) in [4.78, 5) is 16.1. The summed E-state index contributed by atoms with van der Waals surface area (Å²) in [6.45, 7) is 0. The molecule has 0 aromatic heterocycles. The monoisotopic (exact) mass is 477 g/mol. The Morgan fingerprint density at radius 1 is 1.03 bits per heavy atom. The van der Waals surface area contributed by atoms with Crippen molar-refractivity contribution in [2.24, 2.45) is 0 Å². The standard InChI is InChI=1S/C11H6F7NO8S2/c12-9(13,10(14,15)16)11(17,18)29(26,27)5-1-2-7(6(3-5)19(22)23)28(24,25)4-8(20)21/h1-3H,4H2,(H,20,21). The van der Waals surface area contributed by atoms with Crippen molar-refractivity contribution in [3.8, 4) is 0 Å². The molecule has 0 fully saturated rings. The first-order chi connectivity index (χ1) is 12.7. The molecule has 0 atom stereocenters. The number of nitrogens with zero attached hydrogens (tertiary/aromatic N) is 1. The number of rotatable bonds is 7. The van der Waals surface area contributed by atoms with E-state index in [9.17, 15) is 62.5 Å². The molecule has 0 saturated heterocycles. The quantitative estimate of drug-likeness (QED) is 0.356. The molecule has 1 aromatic carbocycles. The lowest BCUT2D eigenvalue weighted by Gasteiger charge is -2.27. The minimum absolute atomic E-state index is 0.0783. The van der Waals surface area contributed by atoms with Gasteiger partial charge >= 0.3 is 23.3 Å². The zero-order valence-electron chi connectivity index (χ0n) is 13.2. The fourth-order valence-corrected chi connectivity index (χ4v) is 4.26. The lowest BCUT2D eigenvalue weighted by molar-refractivity contribution is -0.388. The van der Waals surface area contributed by atoms with Crippen molar-refractivity contribution >= 4 is 31.3 Å². The fourth-order valence-electron chi connectivity index (χ4n) is 1.79. The highest BCUT2D eigenvalue weighted by Gasteiger charge is 2.78. The van der Waals surface area contributed by atoms with Crippen molar-refractivity contribution in [2.45, 2.75) is 27.1 Å². The molecule has 29 heavy (non-hydrogen) atoms. The van der Waals surface area contributed by atoms with E-state index in [1.807, 2.05) is 0 Å². The SMILES string of the molecule is O=C(O)CS(=O)(=O)c1ccc(S(=O)(=O)C(F)(F)C(F)(F)C(F)(F)F)cc1[N+](=O)[O-]. The number of nitro groups is 1. The van der Waals surface area contributed by atoms with E-state index in [2.05, 4.69) is 0 Å². The van der Waals surface area contributed by atoms with E-state index in [-0.39, 0.29) is 12.1 Å². The number of nitro benzene ring substituents is 1. The molecule has 0 bridgehead atoms. The number of halogens is 7. The first-order valence-corrected chi connectivity index (χ1v) is 9.63. The average molecular weight is 477 g/mol. The molecule has 0 saturated carbocycles. The number of carbonyl (C=O) groups is 1. The third-order valence-electron chi connectivity index (χ3n) is 3.15. The minimum atomic E-state index is -7.11. The van der Waals surface area contributed by atoms with Gasteiger partial charge in [0.1, 0.15) is 4.90 Å². The summed E-state index contributed by atoms with van der Waals surface area (Å²) in [7, 11) is -12.0. The van der Waals surface area contributed by atoms with Gasteiger partial charge in [-0.05, 0) is 12.1 Å². The van der Waals surface area contributed by atoms with Gasteiger partial charge in [0.25, 0.3) is 15.5 Å². The average Bonchev–Trinajstić information content (AvgIpc) is 2.51. The zero-order valence-corrected chi connectivity index (χ0v) is 14.8. The van der Waals surface area contributed by atoms with Crippen LogP contribution in [0.3, 0.4) is 0 Å². The minimum Gasteiger partial charge on any atom is -0.480 e. The van der Waals surface area contributed by atoms with E-state index in [1.54, 1.807) is 0 Å². The highest BCUT2D eigenvalue weighted by Crippen LogP contribution is 2.51. The number of aliphatic carboxylic acids is 1. The Hall–Kier alpha value is -2.50. The van der Waals surface area contributed by atoms with Crippen molar-refractivity contribution in [2.75, 3.05) is 5.75 Å². The van der Waals surface area contributed by atoms with Crippen LogP contribution in [0.2, 0.25) is 0 Å². The smallest absolute Gasteiger partial charge is 0.461 e. The number of sulfone groups is 2. The van der Waals surface area contributed by atoms with Crippen LogP contribution < -0.4 is 0 Å². The van der Waals surface area contributed by atoms with Gasteiger partial charge in [-0.3, -0.25) is 14.9 Å². The van der Waals surface area contributed by atoms with Gasteiger partial charge in [-0.2, -0.15) is 30.7 Å². The molecular weight excluding hydrogens is 471 g/mol. The van der Waals surface area contributed by atoms with Crippen LogP contribution in [0, 0.1) is 10.1 Å². The van der Waals surface area contributed by atoms with Gasteiger partial charge in [0.2, 0.25) is 0 Å². The van der Waals surface area contributed by atoms with Crippen LogP contribution in [-0.4, -0.2) is 55.9 Å². The van der Waals surface area contributed by atoms with Gasteiger partial charge in [-0.1, -0.05) is 0 Å². The molecule has 0 aliphatic rings. The third-order valence-corrected chi connectivity index (χ3v) is 6.59. The Morgan fingerprint density at radius 3 is 1.90 bits per heavy atom. The fraction of sp³-hybridized carbons (Fsp3) is 0.364. The van der Waals surface area contributed by atoms with Crippen molar-refractivity contribution < 1.29 is 62.4 Å². The van der Waals surface area contributed by atoms with Crippen molar-refractivity contribution in [3.05, 3.63) is 28.3 Å². The van der Waals surface area contributed by atoms with Crippen LogP contribution in [-0.2, 0) is 24.5 Å². The molecule has 0 aliphatic carbocycles. The molecule has 1 rings (SSSR count). The van der Waals surface area contributed by atoms with Gasteiger partial charge in [0.15, 0.2) is 15.6 Å². The Balaban J connectivity index is 3.76. The molecule has 0 radical (unpaired) electrons. The summed E-state index contributed by atoms with van der Waals surface area (Å²) in [5.41, 5.74) is -1.83. The molecule has 9 nitrogen and oxygen atoms in total. The van der Waals surface area contributed by atoms with Crippen LogP contribution in [0.4, 0.5) is 36.4 Å². The van der Waals surface area contributed by atoms with Crippen LogP contribution in [0.15, 0.2) is 28.0 Å². The predicted molar refractivity (Wildman–Crippen MR) is 75.9 cm³/mol. The van der Waals surface area contributed by atoms with Gasteiger partial charge in [-0.25, -0.2) is 16.8 Å². The number of carboxylic acid groups (broad SMARTS) is 1. The van der Waals surface area contributed by atoms with E-state index in [0.29, 0.717) is 0 Å². The Bertz CT molecular complexity index is 1060. The van der Waals surface area contributed by atoms with Crippen LogP contribution in [0.1, 0.15) is 0 Å². The second-order valence-corrected chi connectivity index (χ2v) is 9.08. The van der Waals surface area contributed by atoms with Crippen molar-refractivity contribution in [1.29, 1.82) is 0 Å². The van der Waals surface area contributed by atoms with Gasteiger partial charge in [0.05, 0.1) is 9.82 Å². The van der Waals surface area contributed by atoms with E-state index < -0.39 is 75.2 Å². The molecule has 0 unspecified atom stereocenters. The van der Waals surface area contributed by atoms with Crippen molar-refractivity contribution in [3.63, 3.8) is 0 Å². The predicted octanol–water partition coefficient (Wildman–Crippen LogP) is 2.02. The number of benzene rings is 1. The summed E-state index contributed by atoms with van der Waals surface area (Å²) in [6, 6.07) is -0.785. The first-order valence-electron chi connectivity index (χ1n) is 6.50. The summed E-state index contributed by atoms with van der Waals surface area (Å²) in [5, 5.41) is 12.6. The Labute approximate surface area is 155 Å². The molecule has 1 aromatic rings. The van der Waals surface area contributed by atoms with Crippen LogP contribution in [0.5, 0.6) is 0 Å². The summed E-state index contributed by atoms with van der Waals surface area (Å²) >= 11 is 0. The Kier molecular flexibility index (Phi) is 5.99. The first kappa shape index (κ1) is 24.5. The second kappa shape index (κ2) is 7.08. The highest BCUT2D eigenvalue weighted by atomic mass is 32.2. The number of carboxylic acids is 1. The molecule has 1 N–H and O–H groups in total. The van der Waals surface area contributed by atoms with E-state index in [0.717, 1.165) is 0 Å². The summed E-state index contributed by atoms with van der Waals surface area (Å²) in [5.74, 6) is -10.9. The summed E-state index contributed by atoms with van der Waals surface area (Å²) in [6.07, 6.45) is -7.03. The number of alkyl halides is 7. The molecule has 164 valence electrons. The van der Waals surface area contributed by atoms with E-state index >= 15 is 0 Å². The van der Waals surface area contributed by atoms with E-state index in [4.69, 9.17) is 5.11 Å². The van der Waals surface area contributed by atoms with Crippen molar-refractivity contribution in [1.82, 2.24) is 0 Å². The lowest BCUT2D eigenvalue weighted by atomic mass is 10.3. The maximum absolute atomic E-state index is 13.6. The maximum Gasteiger partial charge on any atom is 0.461 e. The van der Waals surface area contributed by atoms with Crippen LogP contribution >= 0.6 is 0 Å². The molecule has 0 heterocycles. The summed E-state index contributed by atoms with van der Waals surface area (Å²) < 4.78 is 137. The molecular formula is C11H6F7NO8S2. The Morgan fingerprint density at radius 2 is 1.52 bits per heavy atom. The third kappa shape index (κ3) is 4.11. The normalized spacial score (nSPS) is 13.9. The largest absolute Gasteiger partial charge is 0.480 e. The molecule has 18 heteroatoms. The second-order valence-electron chi connectivity index (χ2n) is 5.13. The highest BCUT2D eigenvalue weighted by molar-refractivity contribution is 7.93. The molecule has 0 amide bonds. The molecule has 0 aliphatic heterocycles. The topological polar surface area (TPSA) is 149 Å². The van der Waals surface area contributed by atoms with Gasteiger partial charge in [-0.15, -0.1) is 0 Å². The van der Waals surface area contributed by atoms with Gasteiger partial charge < -0.3 is 5.11 Å². The number of hydrogen-bond acceptors (Lipinski definition) is 7. The van der Waals surface area contributed by atoms with E-state index in [1.165, 1.54) is 0 Å². The molecule has 0 spiro atoms. The zero-order chi connectivity index (χ0) is 23.2. The van der Waals surface area contributed by atoms with Crippen LogP contribution in [0.25, 0.3) is 0 Å². The maximum atomic E-state index is 13.6.